The second-order valence-electron chi connectivity index (χ2n) is 9.19. The van der Waals surface area contributed by atoms with E-state index >= 15 is 0 Å². The Kier molecular flexibility index (Phi) is 6.98. The van der Waals surface area contributed by atoms with Crippen LogP contribution in [0.4, 0.5) is 4.79 Å². The zero-order valence-electron chi connectivity index (χ0n) is 18.4. The quantitative estimate of drug-likeness (QED) is 0.415. The van der Waals surface area contributed by atoms with E-state index in [1.165, 1.54) is 22.3 Å². The molecule has 1 aliphatic rings. The van der Waals surface area contributed by atoms with E-state index in [1.54, 1.807) is 0 Å². The first-order valence-electron chi connectivity index (χ1n) is 10.5. The van der Waals surface area contributed by atoms with Crippen molar-refractivity contribution >= 4 is 31.7 Å². The molecule has 2 aromatic carbocycles. The lowest BCUT2D eigenvalue weighted by atomic mass is 9.98. The lowest BCUT2D eigenvalue weighted by Crippen LogP contribution is -2.45. The minimum absolute atomic E-state index is 0.0388. The van der Waals surface area contributed by atoms with Crippen molar-refractivity contribution in [1.29, 1.82) is 0 Å². The van der Waals surface area contributed by atoms with Crippen molar-refractivity contribution in [2.45, 2.75) is 51.9 Å². The number of rotatable bonds is 7. The average Bonchev–Trinajstić information content (AvgIpc) is 2.98. The van der Waals surface area contributed by atoms with E-state index in [9.17, 15) is 4.79 Å². The highest BCUT2D eigenvalue weighted by molar-refractivity contribution is 7.80. The molecule has 160 valence electrons. The number of hydrogen-bond acceptors (Lipinski definition) is 4. The van der Waals surface area contributed by atoms with Crippen LogP contribution in [0.1, 0.15) is 37.3 Å². The molecule has 0 radical (unpaired) electrons. The van der Waals surface area contributed by atoms with Gasteiger partial charge in [-0.15, -0.1) is 0 Å². The molecule has 0 aliphatic heterocycles. The van der Waals surface area contributed by atoms with Crippen LogP contribution in [0.25, 0.3) is 11.1 Å². The summed E-state index contributed by atoms with van der Waals surface area (Å²) in [5.74, 6) is 0.406. The second kappa shape index (κ2) is 9.31. The lowest BCUT2D eigenvalue weighted by molar-refractivity contribution is 0.140. The third kappa shape index (κ3) is 5.49. The molecule has 0 saturated carbocycles. The summed E-state index contributed by atoms with van der Waals surface area (Å²) >= 11 is 5.50. The number of hydrogen-bond donors (Lipinski definition) is 1. The van der Waals surface area contributed by atoms with Crippen LogP contribution in [0.3, 0.4) is 0 Å². The molecule has 0 heterocycles. The summed E-state index contributed by atoms with van der Waals surface area (Å²) in [5, 5.41) is 3.39. The summed E-state index contributed by atoms with van der Waals surface area (Å²) in [6.07, 6.45) is 0.261. The summed E-state index contributed by atoms with van der Waals surface area (Å²) in [6.45, 7) is 10.7. The molecule has 1 unspecified atom stereocenters. The summed E-state index contributed by atoms with van der Waals surface area (Å²) < 4.78 is 11.7. The van der Waals surface area contributed by atoms with Crippen LogP contribution in [0.2, 0.25) is 19.6 Å². The molecule has 30 heavy (non-hydrogen) atoms. The predicted octanol–water partition coefficient (Wildman–Crippen LogP) is 6.12. The van der Waals surface area contributed by atoms with Crippen molar-refractivity contribution in [2.24, 2.45) is 5.92 Å². The van der Waals surface area contributed by atoms with Crippen LogP contribution in [0.5, 0.6) is 0 Å². The van der Waals surface area contributed by atoms with E-state index in [0.717, 1.165) is 0 Å². The lowest BCUT2D eigenvalue weighted by Gasteiger charge is -2.27. The monoisotopic (exact) mass is 441 g/mol. The molecule has 0 bridgehead atoms. The Bertz CT molecular complexity index is 877. The standard InChI is InChI=1S/C24H31NO3SSi/c1-16(2)14-22(23(29)28-30(3,4)5)25-24(26)27-15-21-19-12-8-6-10-17(19)18-11-7-9-13-20(18)21/h6-13,16,21-22H,14-15H2,1-5H3,(H,25,26). The molecule has 0 saturated heterocycles. The van der Waals surface area contributed by atoms with Crippen molar-refractivity contribution in [3.8, 4) is 11.1 Å². The minimum atomic E-state index is -1.84. The number of alkyl carbamates (subject to hydrolysis) is 1. The molecule has 1 aliphatic carbocycles. The number of nitrogens with one attached hydrogen (secondary N) is 1. The number of amides is 1. The van der Waals surface area contributed by atoms with Gasteiger partial charge in [0.15, 0.2) is 5.05 Å². The topological polar surface area (TPSA) is 47.6 Å². The molecule has 4 nitrogen and oxygen atoms in total. The summed E-state index contributed by atoms with van der Waals surface area (Å²) in [5.41, 5.74) is 4.82. The van der Waals surface area contributed by atoms with Crippen LogP contribution in [-0.2, 0) is 9.16 Å². The Morgan fingerprint density at radius 2 is 1.57 bits per heavy atom. The van der Waals surface area contributed by atoms with Gasteiger partial charge in [-0.1, -0.05) is 62.4 Å². The molecular formula is C24H31NO3SSi. The van der Waals surface area contributed by atoms with Gasteiger partial charge in [0.05, 0.1) is 6.04 Å². The highest BCUT2D eigenvalue weighted by Gasteiger charge is 2.30. The maximum Gasteiger partial charge on any atom is 0.407 e. The van der Waals surface area contributed by atoms with Gasteiger partial charge in [0.25, 0.3) is 0 Å². The molecule has 2 aromatic rings. The predicted molar refractivity (Wildman–Crippen MR) is 128 cm³/mol. The van der Waals surface area contributed by atoms with Gasteiger partial charge in [-0.3, -0.25) is 0 Å². The zero-order chi connectivity index (χ0) is 21.9. The molecule has 0 spiro atoms. The van der Waals surface area contributed by atoms with Crippen LogP contribution >= 0.6 is 12.2 Å². The third-order valence-electron chi connectivity index (χ3n) is 5.03. The van der Waals surface area contributed by atoms with Gasteiger partial charge >= 0.3 is 6.09 Å². The first-order valence-corrected chi connectivity index (χ1v) is 14.3. The van der Waals surface area contributed by atoms with Crippen molar-refractivity contribution in [1.82, 2.24) is 5.32 Å². The second-order valence-corrected chi connectivity index (χ2v) is 14.0. The molecule has 3 rings (SSSR count). The largest absolute Gasteiger partial charge is 0.538 e. The molecule has 1 N–H and O–H groups in total. The fourth-order valence-corrected chi connectivity index (χ4v) is 5.49. The van der Waals surface area contributed by atoms with Crippen molar-refractivity contribution < 1.29 is 14.0 Å². The van der Waals surface area contributed by atoms with Crippen molar-refractivity contribution in [3.05, 3.63) is 59.7 Å². The van der Waals surface area contributed by atoms with Gasteiger partial charge in [0, 0.05) is 5.92 Å². The van der Waals surface area contributed by atoms with Crippen molar-refractivity contribution in [2.75, 3.05) is 6.61 Å². The van der Waals surface area contributed by atoms with Gasteiger partial charge in [-0.2, -0.15) is 0 Å². The zero-order valence-corrected chi connectivity index (χ0v) is 20.2. The summed E-state index contributed by atoms with van der Waals surface area (Å²) in [4.78, 5) is 12.6. The van der Waals surface area contributed by atoms with Gasteiger partial charge in [0.2, 0.25) is 8.32 Å². The molecule has 6 heteroatoms. The Hall–Kier alpha value is -2.18. The number of thiocarbonyl (C=S) groups is 1. The normalized spacial score (nSPS) is 14.1. The Morgan fingerprint density at radius 3 is 2.07 bits per heavy atom. The van der Waals surface area contributed by atoms with Crippen LogP contribution in [0.15, 0.2) is 48.5 Å². The maximum atomic E-state index is 12.6. The Balaban J connectivity index is 1.68. The SMILES string of the molecule is CC(C)CC(NC(=O)OCC1c2ccccc2-c2ccccc21)C(=S)O[Si](C)(C)C. The molecule has 1 amide bonds. The molecular weight excluding hydrogens is 410 g/mol. The summed E-state index contributed by atoms with van der Waals surface area (Å²) in [7, 11) is -1.84. The van der Waals surface area contributed by atoms with Gasteiger partial charge < -0.3 is 14.5 Å². The Morgan fingerprint density at radius 1 is 1.03 bits per heavy atom. The highest BCUT2D eigenvalue weighted by atomic mass is 32.1. The third-order valence-corrected chi connectivity index (χ3v) is 6.38. The fourth-order valence-electron chi connectivity index (χ4n) is 3.84. The number of ether oxygens (including phenoxy) is 1. The summed E-state index contributed by atoms with van der Waals surface area (Å²) in [6, 6.07) is 16.3. The Labute approximate surface area is 186 Å². The maximum absolute atomic E-state index is 12.6. The van der Waals surface area contributed by atoms with Gasteiger partial charge in [-0.05, 0) is 66.5 Å². The number of fused-ring (bicyclic) bond motifs is 3. The van der Waals surface area contributed by atoms with E-state index in [0.29, 0.717) is 17.4 Å². The van der Waals surface area contributed by atoms with Crippen LogP contribution in [0, 0.1) is 5.92 Å². The number of carbonyl (C=O) groups excluding carboxylic acids is 1. The fraction of sp³-hybridized carbons (Fsp3) is 0.417. The minimum Gasteiger partial charge on any atom is -0.538 e. The van der Waals surface area contributed by atoms with E-state index in [1.807, 2.05) is 24.3 Å². The van der Waals surface area contributed by atoms with Crippen molar-refractivity contribution in [3.63, 3.8) is 0 Å². The average molecular weight is 442 g/mol. The van der Waals surface area contributed by atoms with Gasteiger partial charge in [0.1, 0.15) is 6.61 Å². The first kappa shape index (κ1) is 22.5. The van der Waals surface area contributed by atoms with E-state index in [4.69, 9.17) is 21.4 Å². The highest BCUT2D eigenvalue weighted by Crippen LogP contribution is 2.44. The molecule has 1 atom stereocenters. The van der Waals surface area contributed by atoms with E-state index in [2.05, 4.69) is 63.1 Å². The van der Waals surface area contributed by atoms with Crippen LogP contribution in [-0.4, -0.2) is 32.1 Å². The number of benzene rings is 2. The van der Waals surface area contributed by atoms with E-state index < -0.39 is 14.4 Å². The smallest absolute Gasteiger partial charge is 0.407 e. The van der Waals surface area contributed by atoms with E-state index in [-0.39, 0.29) is 18.6 Å². The van der Waals surface area contributed by atoms with Crippen LogP contribution < -0.4 is 5.32 Å². The molecule has 0 aromatic heterocycles. The first-order chi connectivity index (χ1) is 14.2. The molecule has 0 fully saturated rings. The van der Waals surface area contributed by atoms with Gasteiger partial charge in [-0.25, -0.2) is 4.79 Å². The number of carbonyl (C=O) groups is 1.